The number of thiophene rings is 1. The summed E-state index contributed by atoms with van der Waals surface area (Å²) in [5.74, 6) is 5.66. The van der Waals surface area contributed by atoms with Gasteiger partial charge < -0.3 is 5.11 Å². The third-order valence-corrected chi connectivity index (χ3v) is 2.25. The first-order valence-electron chi connectivity index (χ1n) is 3.17. The lowest BCUT2D eigenvalue weighted by atomic mass is 10.3. The van der Waals surface area contributed by atoms with Crippen LogP contribution >= 0.6 is 22.9 Å². The smallest absolute Gasteiger partial charge is 0.108 e. The Morgan fingerprint density at radius 2 is 2.45 bits per heavy atom. The van der Waals surface area contributed by atoms with E-state index in [2.05, 4.69) is 11.8 Å². The maximum Gasteiger partial charge on any atom is 0.108 e. The summed E-state index contributed by atoms with van der Waals surface area (Å²) in [6.07, 6.45) is 0.506. The van der Waals surface area contributed by atoms with Crippen LogP contribution in [-0.4, -0.2) is 11.7 Å². The number of rotatable bonds is 1. The third-order valence-electron chi connectivity index (χ3n) is 1.08. The van der Waals surface area contributed by atoms with Gasteiger partial charge in [0.2, 0.25) is 0 Å². The Balaban J connectivity index is 2.65. The Labute approximate surface area is 74.6 Å². The molecule has 0 atom stereocenters. The fraction of sp³-hybridized carbons (Fsp3) is 0.250. The van der Waals surface area contributed by atoms with E-state index in [1.165, 1.54) is 11.3 Å². The van der Waals surface area contributed by atoms with Gasteiger partial charge in [0.1, 0.15) is 4.34 Å². The SMILES string of the molecule is OCCC#Cc1ccsc1Cl. The van der Waals surface area contributed by atoms with Crippen molar-refractivity contribution >= 4 is 22.9 Å². The molecule has 11 heavy (non-hydrogen) atoms. The fourth-order valence-corrected chi connectivity index (χ4v) is 1.43. The Hall–Kier alpha value is -0.490. The molecule has 0 fully saturated rings. The van der Waals surface area contributed by atoms with Crippen molar-refractivity contribution in [3.8, 4) is 11.8 Å². The average molecular weight is 187 g/mol. The molecular formula is C8H7ClOS. The highest BCUT2D eigenvalue weighted by Gasteiger charge is 1.94. The molecule has 0 spiro atoms. The summed E-state index contributed by atoms with van der Waals surface area (Å²) in [5, 5.41) is 10.3. The Morgan fingerprint density at radius 1 is 1.64 bits per heavy atom. The Morgan fingerprint density at radius 3 is 3.00 bits per heavy atom. The van der Waals surface area contributed by atoms with Crippen LogP contribution in [0.3, 0.4) is 0 Å². The molecule has 58 valence electrons. The highest BCUT2D eigenvalue weighted by molar-refractivity contribution is 7.14. The molecule has 0 saturated heterocycles. The zero-order chi connectivity index (χ0) is 8.10. The van der Waals surface area contributed by atoms with E-state index in [0.717, 1.165) is 9.90 Å². The van der Waals surface area contributed by atoms with E-state index in [9.17, 15) is 0 Å². The van der Waals surface area contributed by atoms with Gasteiger partial charge in [0, 0.05) is 6.42 Å². The van der Waals surface area contributed by atoms with E-state index in [0.29, 0.717) is 6.42 Å². The zero-order valence-electron chi connectivity index (χ0n) is 5.80. The maximum atomic E-state index is 8.43. The van der Waals surface area contributed by atoms with Gasteiger partial charge in [-0.1, -0.05) is 23.4 Å². The minimum absolute atomic E-state index is 0.106. The van der Waals surface area contributed by atoms with Gasteiger partial charge in [-0.25, -0.2) is 0 Å². The molecule has 0 unspecified atom stereocenters. The van der Waals surface area contributed by atoms with Crippen molar-refractivity contribution in [2.24, 2.45) is 0 Å². The van der Waals surface area contributed by atoms with Crippen molar-refractivity contribution in [3.63, 3.8) is 0 Å². The number of aliphatic hydroxyl groups excluding tert-OH is 1. The van der Waals surface area contributed by atoms with Gasteiger partial charge in [-0.3, -0.25) is 0 Å². The van der Waals surface area contributed by atoms with Crippen LogP contribution < -0.4 is 0 Å². The molecule has 0 aliphatic carbocycles. The number of hydrogen-bond donors (Lipinski definition) is 1. The summed E-state index contributed by atoms with van der Waals surface area (Å²) >= 11 is 7.24. The zero-order valence-corrected chi connectivity index (χ0v) is 7.37. The molecule has 3 heteroatoms. The lowest BCUT2D eigenvalue weighted by Crippen LogP contribution is -1.76. The molecule has 1 rings (SSSR count). The van der Waals surface area contributed by atoms with Gasteiger partial charge in [-0.15, -0.1) is 11.3 Å². The van der Waals surface area contributed by atoms with Crippen LogP contribution in [0.2, 0.25) is 4.34 Å². The summed E-state index contributed by atoms with van der Waals surface area (Å²) in [6, 6.07) is 1.87. The van der Waals surface area contributed by atoms with Gasteiger partial charge in [0.15, 0.2) is 0 Å². The summed E-state index contributed by atoms with van der Waals surface area (Å²) in [6.45, 7) is 0.106. The van der Waals surface area contributed by atoms with E-state index >= 15 is 0 Å². The van der Waals surface area contributed by atoms with E-state index in [1.54, 1.807) is 0 Å². The molecule has 0 aliphatic heterocycles. The second-order valence-electron chi connectivity index (χ2n) is 1.88. The van der Waals surface area contributed by atoms with Gasteiger partial charge in [-0.2, -0.15) is 0 Å². The van der Waals surface area contributed by atoms with Crippen LogP contribution in [0.4, 0.5) is 0 Å². The Bertz CT molecular complexity index is 282. The monoisotopic (exact) mass is 186 g/mol. The topological polar surface area (TPSA) is 20.2 Å². The van der Waals surface area contributed by atoms with Crippen molar-refractivity contribution in [1.29, 1.82) is 0 Å². The molecule has 0 bridgehead atoms. The van der Waals surface area contributed by atoms with Crippen molar-refractivity contribution in [2.75, 3.05) is 6.61 Å². The average Bonchev–Trinajstić information content (AvgIpc) is 2.37. The number of aliphatic hydroxyl groups is 1. The minimum Gasteiger partial charge on any atom is -0.395 e. The first kappa shape index (κ1) is 8.61. The Kier molecular flexibility index (Phi) is 3.44. The molecule has 0 amide bonds. The molecule has 1 aromatic heterocycles. The standard InChI is InChI=1S/C8H7ClOS/c9-8-7(4-6-11-8)3-1-2-5-10/h4,6,10H,2,5H2. The van der Waals surface area contributed by atoms with E-state index < -0.39 is 0 Å². The normalized spacial score (nSPS) is 8.91. The van der Waals surface area contributed by atoms with Crippen LogP contribution in [0.1, 0.15) is 12.0 Å². The maximum absolute atomic E-state index is 8.43. The van der Waals surface area contributed by atoms with Gasteiger partial charge in [0.05, 0.1) is 12.2 Å². The van der Waals surface area contributed by atoms with Crippen molar-refractivity contribution in [2.45, 2.75) is 6.42 Å². The van der Waals surface area contributed by atoms with E-state index in [-0.39, 0.29) is 6.61 Å². The molecule has 1 aromatic rings. The van der Waals surface area contributed by atoms with Crippen LogP contribution in [0.25, 0.3) is 0 Å². The lowest BCUT2D eigenvalue weighted by Gasteiger charge is -1.81. The van der Waals surface area contributed by atoms with Gasteiger partial charge in [0.25, 0.3) is 0 Å². The summed E-state index contributed by atoms with van der Waals surface area (Å²) < 4.78 is 0.718. The first-order valence-corrected chi connectivity index (χ1v) is 4.43. The second kappa shape index (κ2) is 4.40. The van der Waals surface area contributed by atoms with Crippen molar-refractivity contribution < 1.29 is 5.11 Å². The van der Waals surface area contributed by atoms with Crippen LogP contribution in [0, 0.1) is 11.8 Å². The molecule has 1 nitrogen and oxygen atoms in total. The molecule has 0 saturated carbocycles. The lowest BCUT2D eigenvalue weighted by molar-refractivity contribution is 0.305. The summed E-state index contributed by atoms with van der Waals surface area (Å²) in [4.78, 5) is 0. The molecule has 0 radical (unpaired) electrons. The van der Waals surface area contributed by atoms with Crippen LogP contribution in [-0.2, 0) is 0 Å². The largest absolute Gasteiger partial charge is 0.395 e. The van der Waals surface area contributed by atoms with E-state index in [1.807, 2.05) is 11.4 Å². The third kappa shape index (κ3) is 2.55. The molecule has 0 aliphatic rings. The molecule has 1 heterocycles. The highest BCUT2D eigenvalue weighted by Crippen LogP contribution is 2.21. The highest BCUT2D eigenvalue weighted by atomic mass is 35.5. The van der Waals surface area contributed by atoms with Crippen molar-refractivity contribution in [3.05, 3.63) is 21.3 Å². The van der Waals surface area contributed by atoms with Crippen LogP contribution in [0.5, 0.6) is 0 Å². The first-order chi connectivity index (χ1) is 5.34. The minimum atomic E-state index is 0.106. The quantitative estimate of drug-likeness (QED) is 0.667. The fourth-order valence-electron chi connectivity index (χ4n) is 0.595. The van der Waals surface area contributed by atoms with Gasteiger partial charge >= 0.3 is 0 Å². The second-order valence-corrected chi connectivity index (χ2v) is 3.40. The van der Waals surface area contributed by atoms with E-state index in [4.69, 9.17) is 16.7 Å². The van der Waals surface area contributed by atoms with Crippen LogP contribution in [0.15, 0.2) is 11.4 Å². The van der Waals surface area contributed by atoms with Gasteiger partial charge in [-0.05, 0) is 11.4 Å². The summed E-state index contributed by atoms with van der Waals surface area (Å²) in [5.41, 5.74) is 0.852. The number of hydrogen-bond acceptors (Lipinski definition) is 2. The predicted octanol–water partition coefficient (Wildman–Crippen LogP) is 2.14. The molecule has 0 aromatic carbocycles. The molecule has 1 N–H and O–H groups in total. The summed E-state index contributed by atoms with van der Waals surface area (Å²) in [7, 11) is 0. The predicted molar refractivity (Wildman–Crippen MR) is 47.9 cm³/mol. The molecular weight excluding hydrogens is 180 g/mol. The number of halogens is 1. The van der Waals surface area contributed by atoms with Crippen molar-refractivity contribution in [1.82, 2.24) is 0 Å².